The zero-order valence-electron chi connectivity index (χ0n) is 14.1. The van der Waals surface area contributed by atoms with E-state index in [4.69, 9.17) is 10.5 Å². The van der Waals surface area contributed by atoms with Crippen LogP contribution in [0.1, 0.15) is 32.6 Å². The summed E-state index contributed by atoms with van der Waals surface area (Å²) in [7, 11) is 0. The lowest BCUT2D eigenvalue weighted by Gasteiger charge is -2.08. The van der Waals surface area contributed by atoms with Crippen LogP contribution in [-0.2, 0) is 4.79 Å². The van der Waals surface area contributed by atoms with Gasteiger partial charge in [0.1, 0.15) is 5.75 Å². The minimum absolute atomic E-state index is 0.0829. The summed E-state index contributed by atoms with van der Waals surface area (Å²) in [6.07, 6.45) is 3.40. The Morgan fingerprint density at radius 1 is 1.08 bits per heavy atom. The Kier molecular flexibility index (Phi) is 5.53. The van der Waals surface area contributed by atoms with Crippen molar-refractivity contribution in [2.75, 3.05) is 6.61 Å². The van der Waals surface area contributed by atoms with Crippen LogP contribution in [0.5, 0.6) is 5.75 Å². The van der Waals surface area contributed by atoms with Gasteiger partial charge in [0.15, 0.2) is 12.4 Å². The van der Waals surface area contributed by atoms with Crippen molar-refractivity contribution >= 4 is 17.8 Å². The number of rotatable bonds is 6. The first-order chi connectivity index (χ1) is 11.4. The van der Waals surface area contributed by atoms with Crippen LogP contribution in [0.15, 0.2) is 42.5 Å². The molecule has 24 heavy (non-hydrogen) atoms. The van der Waals surface area contributed by atoms with Crippen molar-refractivity contribution in [3.05, 3.63) is 70.3 Å². The van der Waals surface area contributed by atoms with Crippen LogP contribution >= 0.6 is 0 Å². The van der Waals surface area contributed by atoms with Crippen molar-refractivity contribution in [1.82, 2.24) is 0 Å². The van der Waals surface area contributed by atoms with Crippen molar-refractivity contribution in [3.63, 3.8) is 0 Å². The first kappa shape index (κ1) is 17.5. The van der Waals surface area contributed by atoms with Crippen LogP contribution in [-0.4, -0.2) is 18.3 Å². The number of aryl methyl sites for hydroxylation is 2. The molecule has 4 nitrogen and oxygen atoms in total. The number of nitrogens with two attached hydrogens (primary N) is 1. The highest BCUT2D eigenvalue weighted by atomic mass is 16.5. The van der Waals surface area contributed by atoms with Crippen molar-refractivity contribution in [1.29, 1.82) is 0 Å². The number of primary amides is 1. The van der Waals surface area contributed by atoms with E-state index in [1.807, 2.05) is 45.0 Å². The van der Waals surface area contributed by atoms with Crippen LogP contribution in [0, 0.1) is 20.8 Å². The van der Waals surface area contributed by atoms with Gasteiger partial charge < -0.3 is 10.5 Å². The highest BCUT2D eigenvalue weighted by Crippen LogP contribution is 2.20. The number of ketones is 1. The van der Waals surface area contributed by atoms with E-state index in [0.29, 0.717) is 11.3 Å². The number of carbonyl (C=O) groups is 2. The van der Waals surface area contributed by atoms with E-state index in [1.165, 1.54) is 5.56 Å². The molecule has 0 aliphatic rings. The van der Waals surface area contributed by atoms with E-state index in [1.54, 1.807) is 24.3 Å². The Hall–Kier alpha value is -2.88. The lowest BCUT2D eigenvalue weighted by molar-refractivity contribution is -0.119. The predicted octanol–water partition coefficient (Wildman–Crippen LogP) is 3.37. The molecule has 0 saturated carbocycles. The monoisotopic (exact) mass is 323 g/mol. The van der Waals surface area contributed by atoms with Gasteiger partial charge in [-0.25, -0.2) is 0 Å². The number of hydrogen-bond donors (Lipinski definition) is 1. The lowest BCUT2D eigenvalue weighted by atomic mass is 10.0. The van der Waals surface area contributed by atoms with Gasteiger partial charge in [-0.2, -0.15) is 0 Å². The molecule has 2 aromatic carbocycles. The molecule has 0 unspecified atom stereocenters. The maximum absolute atomic E-state index is 12.3. The molecule has 1 amide bonds. The third-order valence-corrected chi connectivity index (χ3v) is 3.89. The summed E-state index contributed by atoms with van der Waals surface area (Å²) in [4.78, 5) is 23.1. The zero-order valence-corrected chi connectivity index (χ0v) is 14.1. The summed E-state index contributed by atoms with van der Waals surface area (Å²) in [5, 5.41) is 0. The van der Waals surface area contributed by atoms with Gasteiger partial charge >= 0.3 is 0 Å². The van der Waals surface area contributed by atoms with Gasteiger partial charge in [-0.3, -0.25) is 9.59 Å². The summed E-state index contributed by atoms with van der Waals surface area (Å²) in [6, 6.07) is 11.1. The average Bonchev–Trinajstić information content (AvgIpc) is 2.54. The van der Waals surface area contributed by atoms with Gasteiger partial charge in [-0.1, -0.05) is 24.3 Å². The molecule has 0 saturated heterocycles. The number of carbonyl (C=O) groups excluding carboxylic acids is 2. The number of allylic oxidation sites excluding steroid dienone is 1. The average molecular weight is 323 g/mol. The molecule has 0 aromatic heterocycles. The zero-order chi connectivity index (χ0) is 17.7. The molecule has 0 aliphatic carbocycles. The Labute approximate surface area is 141 Å². The Morgan fingerprint density at radius 2 is 1.83 bits per heavy atom. The molecule has 0 radical (unpaired) electrons. The van der Waals surface area contributed by atoms with Gasteiger partial charge in [0.05, 0.1) is 0 Å². The van der Waals surface area contributed by atoms with Crippen LogP contribution in [0.2, 0.25) is 0 Å². The van der Waals surface area contributed by atoms with Crippen LogP contribution in [0.3, 0.4) is 0 Å². The van der Waals surface area contributed by atoms with Crippen molar-refractivity contribution in [2.24, 2.45) is 5.73 Å². The summed E-state index contributed by atoms with van der Waals surface area (Å²) >= 11 is 0. The van der Waals surface area contributed by atoms with E-state index in [-0.39, 0.29) is 12.4 Å². The van der Waals surface area contributed by atoms with Gasteiger partial charge in [-0.15, -0.1) is 0 Å². The molecular formula is C20H21NO3. The van der Waals surface area contributed by atoms with Crippen LogP contribution in [0.4, 0.5) is 0 Å². The van der Waals surface area contributed by atoms with Crippen molar-refractivity contribution in [3.8, 4) is 5.75 Å². The maximum Gasteiger partial charge on any atom is 0.255 e. The standard InChI is InChI=1S/C20H21NO3/c1-13-5-4-6-16(15(13)3)7-9-18(22)17-8-10-19(14(2)11-17)24-12-20(21)23/h4-11H,12H2,1-3H3,(H2,21,23)/b9-7+. The summed E-state index contributed by atoms with van der Waals surface area (Å²) < 4.78 is 5.29. The number of hydrogen-bond acceptors (Lipinski definition) is 3. The van der Waals surface area contributed by atoms with E-state index in [2.05, 4.69) is 0 Å². The third-order valence-electron chi connectivity index (χ3n) is 3.89. The van der Waals surface area contributed by atoms with E-state index in [0.717, 1.165) is 16.7 Å². The number of benzene rings is 2. The summed E-state index contributed by atoms with van der Waals surface area (Å²) in [5.74, 6) is -0.0738. The second-order valence-corrected chi connectivity index (χ2v) is 5.72. The molecule has 0 heterocycles. The molecule has 2 aromatic rings. The molecule has 0 spiro atoms. The Balaban J connectivity index is 2.15. The molecule has 2 rings (SSSR count). The molecule has 0 bridgehead atoms. The van der Waals surface area contributed by atoms with Gasteiger partial charge in [0.25, 0.3) is 5.91 Å². The van der Waals surface area contributed by atoms with Gasteiger partial charge in [0.2, 0.25) is 0 Å². The predicted molar refractivity (Wildman–Crippen MR) is 95.1 cm³/mol. The summed E-state index contributed by atoms with van der Waals surface area (Å²) in [6.45, 7) is 5.72. The molecule has 4 heteroatoms. The maximum atomic E-state index is 12.3. The minimum atomic E-state index is -0.536. The van der Waals surface area contributed by atoms with E-state index in [9.17, 15) is 9.59 Å². The molecule has 0 aliphatic heterocycles. The normalized spacial score (nSPS) is 10.8. The van der Waals surface area contributed by atoms with Gasteiger partial charge in [0, 0.05) is 5.56 Å². The van der Waals surface area contributed by atoms with E-state index >= 15 is 0 Å². The smallest absolute Gasteiger partial charge is 0.255 e. The van der Waals surface area contributed by atoms with Crippen LogP contribution < -0.4 is 10.5 Å². The second kappa shape index (κ2) is 7.59. The fraction of sp³-hybridized carbons (Fsp3) is 0.200. The molecule has 0 fully saturated rings. The fourth-order valence-corrected chi connectivity index (χ4v) is 2.33. The Morgan fingerprint density at radius 3 is 2.50 bits per heavy atom. The topological polar surface area (TPSA) is 69.4 Å². The van der Waals surface area contributed by atoms with Crippen molar-refractivity contribution in [2.45, 2.75) is 20.8 Å². The molecular weight excluding hydrogens is 302 g/mol. The van der Waals surface area contributed by atoms with E-state index < -0.39 is 5.91 Å². The number of amides is 1. The highest BCUT2D eigenvalue weighted by molar-refractivity contribution is 6.07. The minimum Gasteiger partial charge on any atom is -0.484 e. The second-order valence-electron chi connectivity index (χ2n) is 5.72. The van der Waals surface area contributed by atoms with Crippen LogP contribution in [0.25, 0.3) is 6.08 Å². The fourth-order valence-electron chi connectivity index (χ4n) is 2.33. The number of ether oxygens (including phenoxy) is 1. The summed E-state index contributed by atoms with van der Waals surface area (Å²) in [5.41, 5.74) is 9.79. The van der Waals surface area contributed by atoms with Gasteiger partial charge in [-0.05, 0) is 67.3 Å². The SMILES string of the molecule is Cc1cc(C(=O)/C=C/c2cccc(C)c2C)ccc1OCC(N)=O. The third kappa shape index (κ3) is 4.32. The molecule has 0 atom stereocenters. The first-order valence-corrected chi connectivity index (χ1v) is 7.69. The largest absolute Gasteiger partial charge is 0.484 e. The quantitative estimate of drug-likeness (QED) is 0.654. The molecule has 124 valence electrons. The lowest BCUT2D eigenvalue weighted by Crippen LogP contribution is -2.20. The highest BCUT2D eigenvalue weighted by Gasteiger charge is 2.07. The molecule has 2 N–H and O–H groups in total. The Bertz CT molecular complexity index is 807. The van der Waals surface area contributed by atoms with Crippen molar-refractivity contribution < 1.29 is 14.3 Å². The first-order valence-electron chi connectivity index (χ1n) is 7.69.